The Balaban J connectivity index is 1.95. The smallest absolute Gasteiger partial charge is 0.306 e. The third-order valence-electron chi connectivity index (χ3n) is 3.75. The van der Waals surface area contributed by atoms with E-state index < -0.39 is 0 Å². The molecule has 0 amide bonds. The van der Waals surface area contributed by atoms with Crippen molar-refractivity contribution in [1.82, 2.24) is 0 Å². The highest BCUT2D eigenvalue weighted by Crippen LogP contribution is 2.38. The number of carbonyl (C=O) groups excluding carboxylic acids is 1. The summed E-state index contributed by atoms with van der Waals surface area (Å²) < 4.78 is 5.26. The first-order valence-corrected chi connectivity index (χ1v) is 6.60. The van der Waals surface area contributed by atoms with Crippen LogP contribution in [0.25, 0.3) is 0 Å². The predicted molar refractivity (Wildman–Crippen MR) is 73.9 cm³/mol. The van der Waals surface area contributed by atoms with Gasteiger partial charge in [-0.25, -0.2) is 0 Å². The fourth-order valence-electron chi connectivity index (χ4n) is 2.76. The minimum absolute atomic E-state index is 0.0963. The van der Waals surface area contributed by atoms with Crippen molar-refractivity contribution in [3.63, 3.8) is 0 Å². The van der Waals surface area contributed by atoms with Crippen LogP contribution in [0.15, 0.2) is 60.7 Å². The van der Waals surface area contributed by atoms with Crippen molar-refractivity contribution < 1.29 is 9.53 Å². The molecule has 96 valence electrons. The van der Waals surface area contributed by atoms with E-state index in [2.05, 4.69) is 24.3 Å². The number of cyclic esters (lactones) is 1. The second-order valence-corrected chi connectivity index (χ2v) is 4.92. The summed E-state index contributed by atoms with van der Waals surface area (Å²) in [5.74, 6) is 0.368. The molecule has 1 saturated heterocycles. The van der Waals surface area contributed by atoms with Gasteiger partial charge in [0.1, 0.15) is 0 Å². The molecular formula is C17H16O2. The molecule has 0 unspecified atom stereocenters. The molecule has 0 bridgehead atoms. The minimum Gasteiger partial charge on any atom is -0.465 e. The van der Waals surface area contributed by atoms with Crippen LogP contribution in [0.1, 0.15) is 29.4 Å². The van der Waals surface area contributed by atoms with Crippen molar-refractivity contribution in [2.45, 2.75) is 18.3 Å². The molecule has 0 spiro atoms. The van der Waals surface area contributed by atoms with Crippen molar-refractivity contribution >= 4 is 5.97 Å². The molecular weight excluding hydrogens is 236 g/mol. The molecule has 1 fully saturated rings. The highest BCUT2D eigenvalue weighted by Gasteiger charge is 2.32. The molecule has 1 heterocycles. The molecule has 2 nitrogen and oxygen atoms in total. The first-order valence-electron chi connectivity index (χ1n) is 6.60. The maximum Gasteiger partial charge on any atom is 0.306 e. The van der Waals surface area contributed by atoms with E-state index >= 15 is 0 Å². The maximum absolute atomic E-state index is 11.6. The van der Waals surface area contributed by atoms with E-state index in [4.69, 9.17) is 4.74 Å². The largest absolute Gasteiger partial charge is 0.465 e. The molecule has 2 heteroatoms. The van der Waals surface area contributed by atoms with E-state index in [1.807, 2.05) is 36.4 Å². The zero-order valence-corrected chi connectivity index (χ0v) is 10.7. The average Bonchev–Trinajstić information content (AvgIpc) is 2.49. The SMILES string of the molecule is O=C1C[C@@H](c2ccccc2)[C@@H](c2ccccc2)CO1. The zero-order chi connectivity index (χ0) is 13.1. The van der Waals surface area contributed by atoms with Gasteiger partial charge in [-0.2, -0.15) is 0 Å². The number of hydrogen-bond acceptors (Lipinski definition) is 2. The Bertz CT molecular complexity index is 548. The fraction of sp³-hybridized carbons (Fsp3) is 0.235. The van der Waals surface area contributed by atoms with Gasteiger partial charge in [-0.1, -0.05) is 60.7 Å². The fourth-order valence-corrected chi connectivity index (χ4v) is 2.76. The van der Waals surface area contributed by atoms with Crippen LogP contribution in [0, 0.1) is 0 Å². The van der Waals surface area contributed by atoms with Gasteiger partial charge in [0.15, 0.2) is 0 Å². The third-order valence-corrected chi connectivity index (χ3v) is 3.75. The summed E-state index contributed by atoms with van der Waals surface area (Å²) in [7, 11) is 0. The Labute approximate surface area is 113 Å². The molecule has 0 aliphatic carbocycles. The molecule has 2 atom stereocenters. The van der Waals surface area contributed by atoms with Gasteiger partial charge in [-0.15, -0.1) is 0 Å². The van der Waals surface area contributed by atoms with Crippen LogP contribution in [0.3, 0.4) is 0 Å². The lowest BCUT2D eigenvalue weighted by atomic mass is 9.78. The number of hydrogen-bond donors (Lipinski definition) is 0. The normalized spacial score (nSPS) is 22.8. The van der Waals surface area contributed by atoms with E-state index in [9.17, 15) is 4.79 Å². The zero-order valence-electron chi connectivity index (χ0n) is 10.7. The van der Waals surface area contributed by atoms with Crippen molar-refractivity contribution in [2.24, 2.45) is 0 Å². The molecule has 0 radical (unpaired) electrons. The van der Waals surface area contributed by atoms with Crippen LogP contribution in [-0.2, 0) is 9.53 Å². The monoisotopic (exact) mass is 252 g/mol. The van der Waals surface area contributed by atoms with Gasteiger partial charge in [-0.3, -0.25) is 4.79 Å². The van der Waals surface area contributed by atoms with Crippen LogP contribution >= 0.6 is 0 Å². The summed E-state index contributed by atoms with van der Waals surface area (Å²) in [6.45, 7) is 0.475. The third kappa shape index (κ3) is 2.53. The van der Waals surface area contributed by atoms with Gasteiger partial charge >= 0.3 is 5.97 Å². The van der Waals surface area contributed by atoms with Gasteiger partial charge < -0.3 is 4.74 Å². The number of rotatable bonds is 2. The Morgan fingerprint density at radius 3 is 1.89 bits per heavy atom. The number of esters is 1. The van der Waals surface area contributed by atoms with Crippen molar-refractivity contribution in [3.05, 3.63) is 71.8 Å². The molecule has 1 aliphatic rings. The molecule has 2 aromatic rings. The number of ether oxygens (including phenoxy) is 1. The van der Waals surface area contributed by atoms with E-state index in [1.54, 1.807) is 0 Å². The summed E-state index contributed by atoms with van der Waals surface area (Å²) in [5.41, 5.74) is 2.46. The highest BCUT2D eigenvalue weighted by atomic mass is 16.5. The molecule has 1 aliphatic heterocycles. The molecule has 0 saturated carbocycles. The quantitative estimate of drug-likeness (QED) is 0.765. The van der Waals surface area contributed by atoms with E-state index in [-0.39, 0.29) is 17.8 Å². The molecule has 3 rings (SSSR count). The summed E-state index contributed by atoms with van der Waals surface area (Å²) in [6.07, 6.45) is 0.462. The van der Waals surface area contributed by atoms with Gasteiger partial charge in [0.05, 0.1) is 13.0 Å². The Hall–Kier alpha value is -2.09. The Morgan fingerprint density at radius 1 is 0.789 bits per heavy atom. The summed E-state index contributed by atoms with van der Waals surface area (Å²) >= 11 is 0. The lowest BCUT2D eigenvalue weighted by Gasteiger charge is -2.31. The molecule has 0 N–H and O–H groups in total. The molecule has 2 aromatic carbocycles. The maximum atomic E-state index is 11.6. The second kappa shape index (κ2) is 5.27. The van der Waals surface area contributed by atoms with Crippen molar-refractivity contribution in [3.8, 4) is 0 Å². The average molecular weight is 252 g/mol. The number of benzene rings is 2. The number of carbonyl (C=O) groups is 1. The summed E-state index contributed by atoms with van der Waals surface area (Å²) in [4.78, 5) is 11.6. The Morgan fingerprint density at radius 2 is 1.32 bits per heavy atom. The van der Waals surface area contributed by atoms with Crippen molar-refractivity contribution in [1.29, 1.82) is 0 Å². The summed E-state index contributed by atoms with van der Waals surface area (Å²) in [6, 6.07) is 20.5. The standard InChI is InChI=1S/C17H16O2/c18-17-11-15(13-7-3-1-4-8-13)16(12-19-17)14-9-5-2-6-10-14/h1-10,15-16H,11-12H2/t15-,16+/m0/s1. The van der Waals surface area contributed by atoms with E-state index in [1.165, 1.54) is 11.1 Å². The molecule has 0 aromatic heterocycles. The lowest BCUT2D eigenvalue weighted by Crippen LogP contribution is -2.27. The van der Waals surface area contributed by atoms with Crippen LogP contribution < -0.4 is 0 Å². The van der Waals surface area contributed by atoms with Gasteiger partial charge in [0, 0.05) is 11.8 Å². The van der Waals surface area contributed by atoms with Crippen LogP contribution in [0.2, 0.25) is 0 Å². The van der Waals surface area contributed by atoms with Crippen molar-refractivity contribution in [2.75, 3.05) is 6.61 Å². The van der Waals surface area contributed by atoms with Gasteiger partial charge in [-0.05, 0) is 11.1 Å². The van der Waals surface area contributed by atoms with Gasteiger partial charge in [0.2, 0.25) is 0 Å². The van der Waals surface area contributed by atoms with E-state index in [0.29, 0.717) is 13.0 Å². The van der Waals surface area contributed by atoms with Crippen LogP contribution in [-0.4, -0.2) is 12.6 Å². The summed E-state index contributed by atoms with van der Waals surface area (Å²) in [5, 5.41) is 0. The predicted octanol–water partition coefficient (Wildman–Crippen LogP) is 3.50. The van der Waals surface area contributed by atoms with Crippen LogP contribution in [0.5, 0.6) is 0 Å². The lowest BCUT2D eigenvalue weighted by molar-refractivity contribution is -0.148. The minimum atomic E-state index is -0.0963. The topological polar surface area (TPSA) is 26.3 Å². The second-order valence-electron chi connectivity index (χ2n) is 4.92. The highest BCUT2D eigenvalue weighted by molar-refractivity contribution is 5.72. The van der Waals surface area contributed by atoms with Crippen LogP contribution in [0.4, 0.5) is 0 Å². The van der Waals surface area contributed by atoms with Gasteiger partial charge in [0.25, 0.3) is 0 Å². The molecule has 19 heavy (non-hydrogen) atoms. The van der Waals surface area contributed by atoms with E-state index in [0.717, 1.165) is 0 Å². The first kappa shape index (κ1) is 12.0. The Kier molecular flexibility index (Phi) is 3.32. The first-order chi connectivity index (χ1) is 9.34.